The van der Waals surface area contributed by atoms with Crippen molar-refractivity contribution in [1.29, 1.82) is 0 Å². The molecule has 0 heterocycles. The van der Waals surface area contributed by atoms with Gasteiger partial charge < -0.3 is 4.74 Å². The third-order valence-corrected chi connectivity index (χ3v) is 3.33. The molecular weight excluding hydrogens is 287 g/mol. The summed E-state index contributed by atoms with van der Waals surface area (Å²) in [6.07, 6.45) is 2.10. The Morgan fingerprint density at radius 1 is 1.38 bits per heavy atom. The van der Waals surface area contributed by atoms with Gasteiger partial charge in [-0.05, 0) is 59.3 Å². The lowest BCUT2D eigenvalue weighted by Crippen LogP contribution is -2.05. The SMILES string of the molecule is COc1ccc(CC(C)CC(C)Cl)cc1Br. The third kappa shape index (κ3) is 4.34. The molecule has 1 rings (SSSR count). The zero-order chi connectivity index (χ0) is 12.1. The molecule has 0 fully saturated rings. The molecule has 0 aliphatic rings. The topological polar surface area (TPSA) is 9.23 Å². The van der Waals surface area contributed by atoms with Gasteiger partial charge in [-0.15, -0.1) is 11.6 Å². The van der Waals surface area contributed by atoms with Gasteiger partial charge in [0.15, 0.2) is 0 Å². The largest absolute Gasteiger partial charge is 0.496 e. The minimum atomic E-state index is 0.247. The molecule has 0 aliphatic carbocycles. The Morgan fingerprint density at radius 2 is 2.06 bits per heavy atom. The average molecular weight is 306 g/mol. The first-order chi connectivity index (χ1) is 7.52. The Hall–Kier alpha value is -0.210. The monoisotopic (exact) mass is 304 g/mol. The molecule has 0 bridgehead atoms. The molecule has 0 spiro atoms. The van der Waals surface area contributed by atoms with Gasteiger partial charge in [-0.3, -0.25) is 0 Å². The minimum absolute atomic E-state index is 0.247. The van der Waals surface area contributed by atoms with E-state index >= 15 is 0 Å². The standard InChI is InChI=1S/C13H18BrClO/c1-9(6-10(2)15)7-11-4-5-13(16-3)12(14)8-11/h4-5,8-10H,6-7H2,1-3H3. The molecule has 0 aromatic heterocycles. The highest BCUT2D eigenvalue weighted by Gasteiger charge is 2.09. The van der Waals surface area contributed by atoms with Crippen molar-refractivity contribution in [3.63, 3.8) is 0 Å². The average Bonchev–Trinajstić information content (AvgIpc) is 2.16. The minimum Gasteiger partial charge on any atom is -0.496 e. The fourth-order valence-corrected chi connectivity index (χ4v) is 2.77. The van der Waals surface area contributed by atoms with E-state index in [0.29, 0.717) is 5.92 Å². The predicted octanol–water partition coefficient (Wildman–Crippen LogP) is 4.65. The number of hydrogen-bond donors (Lipinski definition) is 0. The van der Waals surface area contributed by atoms with E-state index in [1.165, 1.54) is 5.56 Å². The summed E-state index contributed by atoms with van der Waals surface area (Å²) in [4.78, 5) is 0. The zero-order valence-corrected chi connectivity index (χ0v) is 12.3. The van der Waals surface area contributed by atoms with E-state index in [1.807, 2.05) is 13.0 Å². The van der Waals surface area contributed by atoms with Crippen LogP contribution in [-0.2, 0) is 6.42 Å². The van der Waals surface area contributed by atoms with Crippen molar-refractivity contribution in [1.82, 2.24) is 0 Å². The molecule has 1 aromatic rings. The Kier molecular flexibility index (Phi) is 5.63. The predicted molar refractivity (Wildman–Crippen MR) is 73.5 cm³/mol. The third-order valence-electron chi connectivity index (χ3n) is 2.53. The molecule has 2 atom stereocenters. The zero-order valence-electron chi connectivity index (χ0n) is 9.97. The van der Waals surface area contributed by atoms with Gasteiger partial charge in [-0.25, -0.2) is 0 Å². The summed E-state index contributed by atoms with van der Waals surface area (Å²) in [5.74, 6) is 1.48. The maximum atomic E-state index is 5.99. The van der Waals surface area contributed by atoms with Crippen LogP contribution in [0.3, 0.4) is 0 Å². The molecule has 0 aliphatic heterocycles. The molecule has 0 saturated heterocycles. The van der Waals surface area contributed by atoms with Crippen LogP contribution in [0, 0.1) is 5.92 Å². The lowest BCUT2D eigenvalue weighted by Gasteiger charge is -2.13. The van der Waals surface area contributed by atoms with Crippen LogP contribution in [0.4, 0.5) is 0 Å². The molecule has 0 N–H and O–H groups in total. The van der Waals surface area contributed by atoms with Crippen LogP contribution in [0.15, 0.2) is 22.7 Å². The molecule has 0 amide bonds. The van der Waals surface area contributed by atoms with Crippen molar-refractivity contribution in [3.05, 3.63) is 28.2 Å². The van der Waals surface area contributed by atoms with E-state index in [0.717, 1.165) is 23.1 Å². The van der Waals surface area contributed by atoms with E-state index in [2.05, 4.69) is 35.0 Å². The maximum absolute atomic E-state index is 5.99. The summed E-state index contributed by atoms with van der Waals surface area (Å²) >= 11 is 9.49. The number of halogens is 2. The first kappa shape index (κ1) is 13.9. The van der Waals surface area contributed by atoms with Gasteiger partial charge in [0, 0.05) is 5.38 Å². The van der Waals surface area contributed by atoms with Crippen LogP contribution in [0.1, 0.15) is 25.8 Å². The molecule has 3 heteroatoms. The van der Waals surface area contributed by atoms with Crippen molar-refractivity contribution in [3.8, 4) is 5.75 Å². The van der Waals surface area contributed by atoms with Crippen molar-refractivity contribution in [2.45, 2.75) is 32.1 Å². The Bertz CT molecular complexity index is 339. The molecule has 1 nitrogen and oxygen atoms in total. The van der Waals surface area contributed by atoms with Gasteiger partial charge in [0.2, 0.25) is 0 Å². The second-order valence-electron chi connectivity index (χ2n) is 4.29. The normalized spacial score (nSPS) is 14.6. The van der Waals surface area contributed by atoms with E-state index < -0.39 is 0 Å². The molecule has 90 valence electrons. The fourth-order valence-electron chi connectivity index (χ4n) is 1.88. The molecular formula is C13H18BrClO. The van der Waals surface area contributed by atoms with Crippen LogP contribution in [-0.4, -0.2) is 12.5 Å². The first-order valence-corrected chi connectivity index (χ1v) is 6.72. The summed E-state index contributed by atoms with van der Waals surface area (Å²) in [6, 6.07) is 6.23. The van der Waals surface area contributed by atoms with Gasteiger partial charge in [-0.1, -0.05) is 13.0 Å². The Morgan fingerprint density at radius 3 is 2.56 bits per heavy atom. The first-order valence-electron chi connectivity index (χ1n) is 5.49. The maximum Gasteiger partial charge on any atom is 0.133 e. The molecule has 2 unspecified atom stereocenters. The molecule has 1 aromatic carbocycles. The van der Waals surface area contributed by atoms with E-state index in [-0.39, 0.29) is 5.38 Å². The van der Waals surface area contributed by atoms with Gasteiger partial charge in [-0.2, -0.15) is 0 Å². The van der Waals surface area contributed by atoms with E-state index in [9.17, 15) is 0 Å². The molecule has 0 radical (unpaired) electrons. The highest BCUT2D eigenvalue weighted by Crippen LogP contribution is 2.27. The van der Waals surface area contributed by atoms with Crippen LogP contribution < -0.4 is 4.74 Å². The highest BCUT2D eigenvalue weighted by molar-refractivity contribution is 9.10. The van der Waals surface area contributed by atoms with Crippen LogP contribution >= 0.6 is 27.5 Å². The van der Waals surface area contributed by atoms with Crippen molar-refractivity contribution in [2.24, 2.45) is 5.92 Å². The lowest BCUT2D eigenvalue weighted by molar-refractivity contribution is 0.411. The summed E-state index contributed by atoms with van der Waals surface area (Å²) in [5, 5.41) is 0.247. The van der Waals surface area contributed by atoms with Crippen LogP contribution in [0.25, 0.3) is 0 Å². The van der Waals surface area contributed by atoms with Gasteiger partial charge in [0.1, 0.15) is 5.75 Å². The number of alkyl halides is 1. The number of hydrogen-bond acceptors (Lipinski definition) is 1. The number of ether oxygens (including phenoxy) is 1. The Balaban J connectivity index is 2.64. The lowest BCUT2D eigenvalue weighted by atomic mass is 9.97. The second-order valence-corrected chi connectivity index (χ2v) is 5.89. The highest BCUT2D eigenvalue weighted by atomic mass is 79.9. The smallest absolute Gasteiger partial charge is 0.133 e. The number of rotatable bonds is 5. The molecule has 16 heavy (non-hydrogen) atoms. The van der Waals surface area contributed by atoms with Crippen LogP contribution in [0.2, 0.25) is 0 Å². The van der Waals surface area contributed by atoms with Crippen molar-refractivity contribution >= 4 is 27.5 Å². The van der Waals surface area contributed by atoms with Crippen molar-refractivity contribution < 1.29 is 4.74 Å². The van der Waals surface area contributed by atoms with Crippen molar-refractivity contribution in [2.75, 3.05) is 7.11 Å². The van der Waals surface area contributed by atoms with Gasteiger partial charge >= 0.3 is 0 Å². The summed E-state index contributed by atoms with van der Waals surface area (Å²) in [6.45, 7) is 4.28. The fraction of sp³-hybridized carbons (Fsp3) is 0.538. The second kappa shape index (κ2) is 6.51. The van der Waals surface area contributed by atoms with E-state index in [4.69, 9.17) is 16.3 Å². The number of benzene rings is 1. The summed E-state index contributed by atoms with van der Waals surface area (Å²) < 4.78 is 6.21. The Labute approximate surface area is 111 Å². The van der Waals surface area contributed by atoms with Gasteiger partial charge in [0.05, 0.1) is 11.6 Å². The van der Waals surface area contributed by atoms with E-state index in [1.54, 1.807) is 7.11 Å². The summed E-state index contributed by atoms with van der Waals surface area (Å²) in [7, 11) is 1.68. The van der Waals surface area contributed by atoms with Crippen LogP contribution in [0.5, 0.6) is 5.75 Å². The quantitative estimate of drug-likeness (QED) is 0.719. The number of methoxy groups -OCH3 is 1. The van der Waals surface area contributed by atoms with Gasteiger partial charge in [0.25, 0.3) is 0 Å². The molecule has 0 saturated carbocycles. The summed E-state index contributed by atoms with van der Waals surface area (Å²) in [5.41, 5.74) is 1.32.